The number of thioether (sulfide) groups is 1. The first kappa shape index (κ1) is 16.5. The largest absolute Gasteiger partial charge is 0.466 e. The molecule has 1 fully saturated rings. The Morgan fingerprint density at radius 3 is 3.00 bits per heavy atom. The van der Waals surface area contributed by atoms with Gasteiger partial charge in [-0.1, -0.05) is 18.1 Å². The van der Waals surface area contributed by atoms with E-state index in [4.69, 9.17) is 6.42 Å². The third-order valence-corrected chi connectivity index (χ3v) is 3.53. The number of hydrogen-bond donors (Lipinski definition) is 1. The van der Waals surface area contributed by atoms with E-state index in [1.807, 2.05) is 0 Å². The van der Waals surface area contributed by atoms with E-state index in [1.54, 1.807) is 6.07 Å². The first-order valence-electron chi connectivity index (χ1n) is 6.20. The lowest BCUT2D eigenvalue weighted by molar-refractivity contribution is -0.135. The molecule has 6 nitrogen and oxygen atoms in total. The second kappa shape index (κ2) is 7.38. The van der Waals surface area contributed by atoms with Crippen LogP contribution in [0.5, 0.6) is 0 Å². The predicted octanol–water partition coefficient (Wildman–Crippen LogP) is 1.42. The molecule has 116 valence electrons. The first-order valence-corrected chi connectivity index (χ1v) is 7.01. The van der Waals surface area contributed by atoms with Gasteiger partial charge < -0.3 is 4.74 Å². The predicted molar refractivity (Wildman–Crippen MR) is 85.2 cm³/mol. The van der Waals surface area contributed by atoms with Crippen LogP contribution in [0.1, 0.15) is 11.1 Å². The number of amidine groups is 1. The molecule has 1 aliphatic rings. The summed E-state index contributed by atoms with van der Waals surface area (Å²) >= 11 is 0.919. The van der Waals surface area contributed by atoms with E-state index in [0.29, 0.717) is 0 Å². The van der Waals surface area contributed by atoms with Crippen LogP contribution in [-0.4, -0.2) is 30.4 Å². The molecule has 1 N–H and O–H groups in total. The summed E-state index contributed by atoms with van der Waals surface area (Å²) in [4.78, 5) is 22.8. The lowest BCUT2D eigenvalue weighted by Crippen LogP contribution is -2.19. The normalized spacial score (nSPS) is 17.5. The number of hydrogen-bond acceptors (Lipinski definition) is 6. The molecule has 23 heavy (non-hydrogen) atoms. The van der Waals surface area contributed by atoms with Gasteiger partial charge in [-0.25, -0.2) is 9.18 Å². The number of nitrogens with zero attached hydrogens (tertiary/aromatic N) is 2. The van der Waals surface area contributed by atoms with E-state index in [0.717, 1.165) is 17.8 Å². The Morgan fingerprint density at radius 2 is 2.30 bits per heavy atom. The fraction of sp³-hybridized carbons (Fsp3) is 0.0667. The van der Waals surface area contributed by atoms with Crippen molar-refractivity contribution in [3.8, 4) is 12.3 Å². The number of halogens is 1. The number of rotatable bonds is 3. The first-order chi connectivity index (χ1) is 11.0. The van der Waals surface area contributed by atoms with Crippen molar-refractivity contribution < 1.29 is 18.7 Å². The summed E-state index contributed by atoms with van der Waals surface area (Å²) in [5, 5.41) is 10.0. The summed E-state index contributed by atoms with van der Waals surface area (Å²) in [5.41, 5.74) is 0.290. The van der Waals surface area contributed by atoms with Crippen LogP contribution in [0.3, 0.4) is 0 Å². The Morgan fingerprint density at radius 1 is 1.52 bits per heavy atom. The van der Waals surface area contributed by atoms with Gasteiger partial charge in [0.25, 0.3) is 5.91 Å². The Kier molecular flexibility index (Phi) is 5.28. The summed E-state index contributed by atoms with van der Waals surface area (Å²) in [6, 6.07) is 4.55. The molecule has 0 spiro atoms. The van der Waals surface area contributed by atoms with Gasteiger partial charge in [-0.05, 0) is 17.8 Å². The number of ether oxygens (including phenoxy) is 1. The fourth-order valence-electron chi connectivity index (χ4n) is 1.55. The zero-order chi connectivity index (χ0) is 16.8. The molecule has 1 aliphatic heterocycles. The number of carbonyl (C=O) groups excluding carboxylic acids is 2. The molecule has 0 bridgehead atoms. The average molecular weight is 331 g/mol. The maximum atomic E-state index is 13.9. The van der Waals surface area contributed by atoms with Crippen LogP contribution < -0.4 is 5.32 Å². The number of benzene rings is 1. The van der Waals surface area contributed by atoms with E-state index < -0.39 is 17.7 Å². The number of amides is 1. The van der Waals surface area contributed by atoms with E-state index >= 15 is 0 Å². The molecular formula is C15H10FN3O3S. The summed E-state index contributed by atoms with van der Waals surface area (Å²) in [6.45, 7) is 0. The molecule has 0 radical (unpaired) electrons. The zero-order valence-corrected chi connectivity index (χ0v) is 12.7. The Balaban J connectivity index is 2.13. The van der Waals surface area contributed by atoms with Crippen molar-refractivity contribution in [3.05, 3.63) is 46.1 Å². The van der Waals surface area contributed by atoms with Gasteiger partial charge in [0.1, 0.15) is 5.82 Å². The summed E-state index contributed by atoms with van der Waals surface area (Å²) in [6.07, 6.45) is 7.40. The highest BCUT2D eigenvalue weighted by Crippen LogP contribution is 2.23. The number of methoxy groups -OCH3 is 1. The molecular weight excluding hydrogens is 321 g/mol. The van der Waals surface area contributed by atoms with Gasteiger partial charge in [-0.2, -0.15) is 5.10 Å². The molecule has 2 rings (SSSR count). The fourth-order valence-corrected chi connectivity index (χ4v) is 2.28. The Labute approximate surface area is 135 Å². The second-order valence-corrected chi connectivity index (χ2v) is 5.12. The number of carbonyl (C=O) groups is 2. The van der Waals surface area contributed by atoms with Crippen molar-refractivity contribution in [3.63, 3.8) is 0 Å². The van der Waals surface area contributed by atoms with E-state index in [9.17, 15) is 14.0 Å². The highest BCUT2D eigenvalue weighted by Gasteiger charge is 2.24. The minimum absolute atomic E-state index is 0.119. The van der Waals surface area contributed by atoms with Crippen LogP contribution in [0, 0.1) is 18.2 Å². The number of nitrogens with one attached hydrogen (secondary N) is 1. The van der Waals surface area contributed by atoms with E-state index in [1.165, 1.54) is 25.5 Å². The maximum absolute atomic E-state index is 13.9. The minimum atomic E-state index is -0.652. The molecule has 1 saturated heterocycles. The lowest BCUT2D eigenvalue weighted by atomic mass is 10.1. The van der Waals surface area contributed by atoms with Gasteiger partial charge in [0.05, 0.1) is 23.8 Å². The summed E-state index contributed by atoms with van der Waals surface area (Å²) < 4.78 is 18.3. The topological polar surface area (TPSA) is 80.1 Å². The molecule has 0 aromatic heterocycles. The quantitative estimate of drug-likeness (QED) is 0.299. The van der Waals surface area contributed by atoms with Crippen LogP contribution in [-0.2, 0) is 14.3 Å². The van der Waals surface area contributed by atoms with Crippen LogP contribution in [0.15, 0.2) is 39.4 Å². The average Bonchev–Trinajstić information content (AvgIpc) is 2.88. The van der Waals surface area contributed by atoms with Crippen molar-refractivity contribution in [1.82, 2.24) is 5.32 Å². The van der Waals surface area contributed by atoms with Crippen LogP contribution in [0.25, 0.3) is 0 Å². The minimum Gasteiger partial charge on any atom is -0.466 e. The molecule has 0 aliphatic carbocycles. The standard InChI is InChI=1S/C15H10FN3O3S/c1-3-9-5-4-6-10(13(9)16)8-17-19-15-18-14(21)11(23-15)7-12(20)22-2/h1,4-8H,2H3,(H,18,19,21)/b11-7+,17-8?. The van der Waals surface area contributed by atoms with Crippen molar-refractivity contribution in [2.45, 2.75) is 0 Å². The van der Waals surface area contributed by atoms with Crippen LogP contribution in [0.2, 0.25) is 0 Å². The third kappa shape index (κ3) is 4.05. The zero-order valence-electron chi connectivity index (χ0n) is 11.9. The molecule has 1 aromatic carbocycles. The van der Waals surface area contributed by atoms with Gasteiger partial charge in [0.2, 0.25) is 0 Å². The van der Waals surface area contributed by atoms with Crippen molar-refractivity contribution >= 4 is 35.0 Å². The summed E-state index contributed by atoms with van der Waals surface area (Å²) in [5.74, 6) is 0.499. The summed E-state index contributed by atoms with van der Waals surface area (Å²) in [7, 11) is 1.20. The van der Waals surface area contributed by atoms with Crippen molar-refractivity contribution in [2.75, 3.05) is 7.11 Å². The van der Waals surface area contributed by atoms with Crippen LogP contribution in [0.4, 0.5) is 4.39 Å². The van der Waals surface area contributed by atoms with Crippen molar-refractivity contribution in [2.24, 2.45) is 10.2 Å². The third-order valence-electron chi connectivity index (χ3n) is 2.63. The van der Waals surface area contributed by atoms with Gasteiger partial charge in [-0.3, -0.25) is 10.1 Å². The molecule has 0 unspecified atom stereocenters. The number of esters is 1. The van der Waals surface area contributed by atoms with Crippen molar-refractivity contribution in [1.29, 1.82) is 0 Å². The maximum Gasteiger partial charge on any atom is 0.331 e. The monoisotopic (exact) mass is 331 g/mol. The van der Waals surface area contributed by atoms with Gasteiger partial charge >= 0.3 is 5.97 Å². The Hall–Kier alpha value is -2.92. The molecule has 0 atom stereocenters. The van der Waals surface area contributed by atoms with E-state index in [-0.39, 0.29) is 21.2 Å². The molecule has 1 heterocycles. The molecule has 8 heteroatoms. The van der Waals surface area contributed by atoms with Crippen LogP contribution >= 0.6 is 11.8 Å². The van der Waals surface area contributed by atoms with E-state index in [2.05, 4.69) is 26.2 Å². The SMILES string of the molecule is C#Cc1cccc(C=N/N=C2/NC(=O)/C(=C\C(=O)OC)S2)c1F. The highest BCUT2D eigenvalue weighted by atomic mass is 32.2. The number of terminal acetylenes is 1. The van der Waals surface area contributed by atoms with Gasteiger partial charge in [-0.15, -0.1) is 11.5 Å². The second-order valence-electron chi connectivity index (χ2n) is 4.09. The van der Waals surface area contributed by atoms with Gasteiger partial charge in [0, 0.05) is 11.6 Å². The highest BCUT2D eigenvalue weighted by molar-refractivity contribution is 8.18. The lowest BCUT2D eigenvalue weighted by Gasteiger charge is -1.97. The van der Waals surface area contributed by atoms with Gasteiger partial charge in [0.15, 0.2) is 5.17 Å². The molecule has 0 saturated carbocycles. The molecule has 1 amide bonds. The smallest absolute Gasteiger partial charge is 0.331 e. The Bertz CT molecular complexity index is 794. The molecule has 1 aromatic rings.